The fourth-order valence-electron chi connectivity index (χ4n) is 2.71. The van der Waals surface area contributed by atoms with Gasteiger partial charge >= 0.3 is 6.18 Å². The van der Waals surface area contributed by atoms with Gasteiger partial charge in [0.2, 0.25) is 5.88 Å². The van der Waals surface area contributed by atoms with Crippen LogP contribution in [0.2, 0.25) is 0 Å². The second-order valence-electron chi connectivity index (χ2n) is 6.59. The summed E-state index contributed by atoms with van der Waals surface area (Å²) in [5.41, 5.74) is -1.18. The average Bonchev–Trinajstić information content (AvgIpc) is 3.25. The van der Waals surface area contributed by atoms with Crippen LogP contribution in [0, 0.1) is 0 Å². The fourth-order valence-corrected chi connectivity index (χ4v) is 2.71. The third kappa shape index (κ3) is 4.81. The summed E-state index contributed by atoms with van der Waals surface area (Å²) in [6.07, 6.45) is -1.67. The number of nitrogens with one attached hydrogen (secondary N) is 2. The number of piperidine rings is 1. The lowest BCUT2D eigenvalue weighted by Gasteiger charge is -2.24. The van der Waals surface area contributed by atoms with E-state index < -0.39 is 17.5 Å². The molecular weight excluding hydrogens is 323 g/mol. The Hall–Kier alpha value is -1.38. The van der Waals surface area contributed by atoms with Gasteiger partial charge in [-0.25, -0.2) is 4.98 Å². The summed E-state index contributed by atoms with van der Waals surface area (Å²) in [5, 5.41) is 16.0. The van der Waals surface area contributed by atoms with Crippen LogP contribution in [0.1, 0.15) is 36.9 Å². The van der Waals surface area contributed by atoms with E-state index in [0.29, 0.717) is 12.1 Å². The predicted octanol–water partition coefficient (Wildman–Crippen LogP) is 1.85. The lowest BCUT2D eigenvalue weighted by atomic mass is 10.1. The molecule has 2 heterocycles. The van der Waals surface area contributed by atoms with Gasteiger partial charge in [-0.15, -0.1) is 0 Å². The van der Waals surface area contributed by atoms with Crippen molar-refractivity contribution in [2.75, 3.05) is 19.6 Å². The molecule has 0 amide bonds. The van der Waals surface area contributed by atoms with Crippen LogP contribution in [0.15, 0.2) is 12.1 Å². The van der Waals surface area contributed by atoms with Crippen molar-refractivity contribution < 1.29 is 23.0 Å². The number of nitrogens with zero attached hydrogens (tertiary/aromatic N) is 1. The van der Waals surface area contributed by atoms with Crippen LogP contribution in [0.5, 0.6) is 5.88 Å². The molecule has 3 N–H and O–H groups in total. The molecule has 2 aliphatic rings. The van der Waals surface area contributed by atoms with E-state index in [1.807, 2.05) is 0 Å². The van der Waals surface area contributed by atoms with Gasteiger partial charge in [-0.1, -0.05) is 0 Å². The number of alkyl halides is 3. The van der Waals surface area contributed by atoms with Crippen LogP contribution in [0.3, 0.4) is 0 Å². The molecule has 24 heavy (non-hydrogen) atoms. The van der Waals surface area contributed by atoms with Gasteiger partial charge in [0.15, 0.2) is 0 Å². The van der Waals surface area contributed by atoms with Crippen LogP contribution in [-0.4, -0.2) is 41.4 Å². The minimum atomic E-state index is -4.52. The monoisotopic (exact) mass is 345 g/mol. The van der Waals surface area contributed by atoms with E-state index in [0.717, 1.165) is 44.8 Å². The van der Waals surface area contributed by atoms with Crippen molar-refractivity contribution in [1.82, 2.24) is 15.6 Å². The number of ether oxygens (including phenoxy) is 1. The number of rotatable bonds is 6. The van der Waals surface area contributed by atoms with Gasteiger partial charge < -0.3 is 20.5 Å². The smallest absolute Gasteiger partial charge is 0.433 e. The predicted molar refractivity (Wildman–Crippen MR) is 81.6 cm³/mol. The van der Waals surface area contributed by atoms with Crippen molar-refractivity contribution in [3.8, 4) is 5.88 Å². The quantitative estimate of drug-likeness (QED) is 0.734. The molecule has 1 aliphatic heterocycles. The molecule has 134 valence electrons. The number of hydrogen-bond acceptors (Lipinski definition) is 5. The van der Waals surface area contributed by atoms with Crippen molar-refractivity contribution in [2.24, 2.45) is 0 Å². The average molecular weight is 345 g/mol. The van der Waals surface area contributed by atoms with Crippen LogP contribution in [0.4, 0.5) is 13.2 Å². The van der Waals surface area contributed by atoms with E-state index in [1.165, 1.54) is 0 Å². The molecule has 1 aliphatic carbocycles. The SMILES string of the molecule is OC1(CNCc2cc(OC3CCNCC3)nc(C(F)(F)F)c2)CC1. The Morgan fingerprint density at radius 3 is 2.62 bits per heavy atom. The molecule has 0 spiro atoms. The minimum absolute atomic E-state index is 0.0126. The molecule has 5 nitrogen and oxygen atoms in total. The number of halogens is 3. The fraction of sp³-hybridized carbons (Fsp3) is 0.688. The van der Waals surface area contributed by atoms with E-state index in [9.17, 15) is 18.3 Å². The van der Waals surface area contributed by atoms with Crippen molar-refractivity contribution >= 4 is 0 Å². The third-order valence-electron chi connectivity index (χ3n) is 4.34. The highest BCUT2D eigenvalue weighted by atomic mass is 19.4. The Morgan fingerprint density at radius 2 is 2.00 bits per heavy atom. The summed E-state index contributed by atoms with van der Waals surface area (Å²) >= 11 is 0. The summed E-state index contributed by atoms with van der Waals surface area (Å²) in [4.78, 5) is 3.62. The number of aromatic nitrogens is 1. The first-order chi connectivity index (χ1) is 11.3. The zero-order chi connectivity index (χ0) is 17.2. The maximum atomic E-state index is 13.1. The Morgan fingerprint density at radius 1 is 1.29 bits per heavy atom. The van der Waals surface area contributed by atoms with Gasteiger partial charge in [-0.05, 0) is 50.4 Å². The summed E-state index contributed by atoms with van der Waals surface area (Å²) in [7, 11) is 0. The lowest BCUT2D eigenvalue weighted by Crippen LogP contribution is -2.34. The molecule has 0 bridgehead atoms. The second kappa shape index (κ2) is 6.85. The van der Waals surface area contributed by atoms with Gasteiger partial charge in [0, 0.05) is 19.2 Å². The zero-order valence-electron chi connectivity index (χ0n) is 13.3. The van der Waals surface area contributed by atoms with Crippen LogP contribution >= 0.6 is 0 Å². The Balaban J connectivity index is 1.69. The molecule has 2 fully saturated rings. The topological polar surface area (TPSA) is 66.4 Å². The summed E-state index contributed by atoms with van der Waals surface area (Å²) < 4.78 is 44.8. The lowest BCUT2D eigenvalue weighted by molar-refractivity contribution is -0.141. The largest absolute Gasteiger partial charge is 0.474 e. The number of hydrogen-bond donors (Lipinski definition) is 3. The maximum Gasteiger partial charge on any atom is 0.433 e. The van der Waals surface area contributed by atoms with Gasteiger partial charge in [0.1, 0.15) is 11.8 Å². The Kier molecular flexibility index (Phi) is 4.98. The highest BCUT2D eigenvalue weighted by Crippen LogP contribution is 2.34. The van der Waals surface area contributed by atoms with E-state index in [2.05, 4.69) is 15.6 Å². The van der Waals surface area contributed by atoms with E-state index in [4.69, 9.17) is 4.74 Å². The first kappa shape index (κ1) is 17.4. The first-order valence-corrected chi connectivity index (χ1v) is 8.23. The van der Waals surface area contributed by atoms with Crippen LogP contribution in [0.25, 0.3) is 0 Å². The maximum absolute atomic E-state index is 13.1. The van der Waals surface area contributed by atoms with Crippen molar-refractivity contribution in [2.45, 2.75) is 50.1 Å². The van der Waals surface area contributed by atoms with Gasteiger partial charge in [-0.2, -0.15) is 13.2 Å². The molecule has 0 atom stereocenters. The molecule has 1 saturated heterocycles. The van der Waals surface area contributed by atoms with Gasteiger partial charge in [0.25, 0.3) is 0 Å². The minimum Gasteiger partial charge on any atom is -0.474 e. The standard InChI is InChI=1S/C16H22F3N3O2/c17-16(18,19)13-7-11(9-21-10-15(23)3-4-15)8-14(22-13)24-12-1-5-20-6-2-12/h7-8,12,20-21,23H,1-6,9-10H2. The third-order valence-corrected chi connectivity index (χ3v) is 4.34. The van der Waals surface area contributed by atoms with E-state index >= 15 is 0 Å². The Bertz CT molecular complexity index is 570. The van der Waals surface area contributed by atoms with Gasteiger partial charge in [-0.3, -0.25) is 0 Å². The molecule has 3 rings (SSSR count). The van der Waals surface area contributed by atoms with E-state index in [1.54, 1.807) is 6.07 Å². The molecule has 1 aromatic heterocycles. The zero-order valence-corrected chi connectivity index (χ0v) is 13.3. The summed E-state index contributed by atoms with van der Waals surface area (Å²) in [5.74, 6) is 0.0126. The number of pyridine rings is 1. The summed E-state index contributed by atoms with van der Waals surface area (Å²) in [6.45, 7) is 2.19. The van der Waals surface area contributed by atoms with Crippen LogP contribution in [-0.2, 0) is 12.7 Å². The normalized spacial score (nSPS) is 20.8. The molecular formula is C16H22F3N3O2. The molecule has 1 aromatic rings. The molecule has 1 saturated carbocycles. The molecule has 0 radical (unpaired) electrons. The molecule has 0 unspecified atom stereocenters. The van der Waals surface area contributed by atoms with Crippen molar-refractivity contribution in [3.63, 3.8) is 0 Å². The number of aliphatic hydroxyl groups is 1. The van der Waals surface area contributed by atoms with Gasteiger partial charge in [0.05, 0.1) is 5.60 Å². The van der Waals surface area contributed by atoms with Crippen molar-refractivity contribution in [3.05, 3.63) is 23.4 Å². The Labute approximate surface area is 138 Å². The van der Waals surface area contributed by atoms with E-state index in [-0.39, 0.29) is 18.5 Å². The first-order valence-electron chi connectivity index (χ1n) is 8.23. The molecule has 0 aromatic carbocycles. The second-order valence-corrected chi connectivity index (χ2v) is 6.59. The van der Waals surface area contributed by atoms with Crippen molar-refractivity contribution in [1.29, 1.82) is 0 Å². The summed E-state index contributed by atoms with van der Waals surface area (Å²) in [6, 6.07) is 2.57. The highest BCUT2D eigenvalue weighted by Gasteiger charge is 2.39. The van der Waals surface area contributed by atoms with Crippen LogP contribution < -0.4 is 15.4 Å². The highest BCUT2D eigenvalue weighted by molar-refractivity contribution is 5.27. The molecule has 8 heteroatoms.